The van der Waals surface area contributed by atoms with E-state index in [2.05, 4.69) is 19.2 Å². The first-order chi connectivity index (χ1) is 9.02. The Morgan fingerprint density at radius 2 is 1.95 bits per heavy atom. The van der Waals surface area contributed by atoms with Gasteiger partial charge in [0.25, 0.3) is 0 Å². The van der Waals surface area contributed by atoms with Crippen molar-refractivity contribution >= 4 is 0 Å². The number of rotatable bonds is 8. The summed E-state index contributed by atoms with van der Waals surface area (Å²) >= 11 is 0. The molecule has 0 spiro atoms. The molecule has 108 valence electrons. The van der Waals surface area contributed by atoms with Crippen LogP contribution in [0.5, 0.6) is 11.5 Å². The third-order valence-electron chi connectivity index (χ3n) is 3.22. The summed E-state index contributed by atoms with van der Waals surface area (Å²) in [6.45, 7) is 5.21. The third-order valence-corrected chi connectivity index (χ3v) is 3.22. The first kappa shape index (κ1) is 15.8. The molecule has 4 heteroatoms. The van der Waals surface area contributed by atoms with Gasteiger partial charge >= 0.3 is 0 Å². The highest BCUT2D eigenvalue weighted by Gasteiger charge is 2.15. The van der Waals surface area contributed by atoms with E-state index in [0.717, 1.165) is 36.4 Å². The van der Waals surface area contributed by atoms with Crippen LogP contribution in [0.4, 0.5) is 0 Å². The van der Waals surface area contributed by atoms with Crippen LogP contribution in [0.1, 0.15) is 25.8 Å². The van der Waals surface area contributed by atoms with E-state index in [1.54, 1.807) is 14.2 Å². The van der Waals surface area contributed by atoms with E-state index in [1.807, 2.05) is 18.2 Å². The fourth-order valence-corrected chi connectivity index (χ4v) is 1.98. The van der Waals surface area contributed by atoms with Crippen LogP contribution in [0.3, 0.4) is 0 Å². The molecule has 1 rings (SSSR count). The third kappa shape index (κ3) is 5.09. The standard InChI is InChI=1S/C15H25NO3/c1-15(2,8-10-17)16-9-7-12-11-13(18-3)5-6-14(12)19-4/h5-6,11,16-17H,7-10H2,1-4H3. The highest BCUT2D eigenvalue weighted by molar-refractivity contribution is 5.40. The lowest BCUT2D eigenvalue weighted by Crippen LogP contribution is -2.41. The van der Waals surface area contributed by atoms with E-state index in [4.69, 9.17) is 14.6 Å². The molecule has 0 atom stereocenters. The fourth-order valence-electron chi connectivity index (χ4n) is 1.98. The first-order valence-electron chi connectivity index (χ1n) is 6.59. The SMILES string of the molecule is COc1ccc(OC)c(CCNC(C)(C)CCO)c1. The number of hydrogen-bond donors (Lipinski definition) is 2. The highest BCUT2D eigenvalue weighted by atomic mass is 16.5. The minimum Gasteiger partial charge on any atom is -0.497 e. The smallest absolute Gasteiger partial charge is 0.122 e. The summed E-state index contributed by atoms with van der Waals surface area (Å²) < 4.78 is 10.6. The molecule has 1 aromatic rings. The monoisotopic (exact) mass is 267 g/mol. The molecular weight excluding hydrogens is 242 g/mol. The van der Waals surface area contributed by atoms with Crippen molar-refractivity contribution in [3.63, 3.8) is 0 Å². The van der Waals surface area contributed by atoms with E-state index in [0.29, 0.717) is 0 Å². The van der Waals surface area contributed by atoms with Gasteiger partial charge in [-0.3, -0.25) is 0 Å². The zero-order chi connectivity index (χ0) is 14.3. The van der Waals surface area contributed by atoms with Crippen LogP contribution >= 0.6 is 0 Å². The number of methoxy groups -OCH3 is 2. The summed E-state index contributed by atoms with van der Waals surface area (Å²) in [4.78, 5) is 0. The van der Waals surface area contributed by atoms with Gasteiger partial charge in [-0.2, -0.15) is 0 Å². The molecule has 0 aromatic heterocycles. The predicted molar refractivity (Wildman–Crippen MR) is 77.0 cm³/mol. The molecule has 2 N–H and O–H groups in total. The number of nitrogens with one attached hydrogen (secondary N) is 1. The zero-order valence-electron chi connectivity index (χ0n) is 12.3. The van der Waals surface area contributed by atoms with Crippen molar-refractivity contribution in [1.82, 2.24) is 5.32 Å². The summed E-state index contributed by atoms with van der Waals surface area (Å²) in [6, 6.07) is 5.82. The normalized spacial score (nSPS) is 11.4. The summed E-state index contributed by atoms with van der Waals surface area (Å²) in [5.74, 6) is 1.72. The summed E-state index contributed by atoms with van der Waals surface area (Å²) in [7, 11) is 3.34. The molecule has 0 fully saturated rings. The Balaban J connectivity index is 2.61. The largest absolute Gasteiger partial charge is 0.497 e. The number of aliphatic hydroxyl groups is 1. The Labute approximate surface area is 115 Å². The Kier molecular flexibility index (Phi) is 6.12. The van der Waals surface area contributed by atoms with Gasteiger partial charge in [0, 0.05) is 12.1 Å². The molecule has 4 nitrogen and oxygen atoms in total. The van der Waals surface area contributed by atoms with Crippen molar-refractivity contribution in [2.45, 2.75) is 32.2 Å². The molecule has 0 aliphatic heterocycles. The number of ether oxygens (including phenoxy) is 2. The van der Waals surface area contributed by atoms with Gasteiger partial charge in [-0.05, 0) is 57.0 Å². The molecule has 0 radical (unpaired) electrons. The number of hydrogen-bond acceptors (Lipinski definition) is 4. The molecule has 0 aliphatic carbocycles. The Morgan fingerprint density at radius 1 is 1.21 bits per heavy atom. The van der Waals surface area contributed by atoms with Crippen LogP contribution < -0.4 is 14.8 Å². The van der Waals surface area contributed by atoms with Gasteiger partial charge in [0.05, 0.1) is 14.2 Å². The molecular formula is C15H25NO3. The zero-order valence-corrected chi connectivity index (χ0v) is 12.3. The second kappa shape index (κ2) is 7.36. The van der Waals surface area contributed by atoms with Crippen molar-refractivity contribution in [2.24, 2.45) is 0 Å². The quantitative estimate of drug-likeness (QED) is 0.756. The fraction of sp³-hybridized carbons (Fsp3) is 0.600. The Bertz CT molecular complexity index is 391. The van der Waals surface area contributed by atoms with E-state index in [1.165, 1.54) is 0 Å². The molecule has 1 aromatic carbocycles. The van der Waals surface area contributed by atoms with Gasteiger partial charge in [-0.25, -0.2) is 0 Å². The van der Waals surface area contributed by atoms with Crippen LogP contribution in [0, 0.1) is 0 Å². The average molecular weight is 267 g/mol. The summed E-state index contributed by atoms with van der Waals surface area (Å²) in [6.07, 6.45) is 1.59. The molecule has 0 heterocycles. The molecule has 0 aliphatic rings. The van der Waals surface area contributed by atoms with Gasteiger partial charge in [-0.15, -0.1) is 0 Å². The van der Waals surface area contributed by atoms with Crippen LogP contribution in [0.25, 0.3) is 0 Å². The van der Waals surface area contributed by atoms with Crippen molar-refractivity contribution in [1.29, 1.82) is 0 Å². The maximum Gasteiger partial charge on any atom is 0.122 e. The lowest BCUT2D eigenvalue weighted by atomic mass is 10.0. The Hall–Kier alpha value is -1.26. The van der Waals surface area contributed by atoms with Crippen LogP contribution in [-0.2, 0) is 6.42 Å². The maximum atomic E-state index is 8.99. The highest BCUT2D eigenvalue weighted by Crippen LogP contribution is 2.24. The minimum atomic E-state index is -0.0547. The van der Waals surface area contributed by atoms with Crippen LogP contribution in [-0.4, -0.2) is 38.0 Å². The van der Waals surface area contributed by atoms with Gasteiger partial charge in [0.2, 0.25) is 0 Å². The molecule has 0 amide bonds. The Morgan fingerprint density at radius 3 is 2.53 bits per heavy atom. The lowest BCUT2D eigenvalue weighted by molar-refractivity contribution is 0.231. The van der Waals surface area contributed by atoms with Gasteiger partial charge < -0.3 is 19.9 Å². The van der Waals surface area contributed by atoms with Crippen molar-refractivity contribution in [2.75, 3.05) is 27.4 Å². The summed E-state index contributed by atoms with van der Waals surface area (Å²) in [5, 5.41) is 12.4. The molecule has 0 bridgehead atoms. The van der Waals surface area contributed by atoms with E-state index in [-0.39, 0.29) is 12.1 Å². The second-order valence-electron chi connectivity index (χ2n) is 5.21. The summed E-state index contributed by atoms with van der Waals surface area (Å²) in [5.41, 5.74) is 1.06. The van der Waals surface area contributed by atoms with Gasteiger partial charge in [-0.1, -0.05) is 0 Å². The second-order valence-corrected chi connectivity index (χ2v) is 5.21. The molecule has 0 unspecified atom stereocenters. The molecule has 0 saturated carbocycles. The average Bonchev–Trinajstić information content (AvgIpc) is 2.38. The van der Waals surface area contributed by atoms with E-state index >= 15 is 0 Å². The molecule has 19 heavy (non-hydrogen) atoms. The number of benzene rings is 1. The predicted octanol–water partition coefficient (Wildman–Crippen LogP) is 2.00. The van der Waals surface area contributed by atoms with Crippen molar-refractivity contribution in [3.8, 4) is 11.5 Å². The minimum absolute atomic E-state index is 0.0547. The first-order valence-corrected chi connectivity index (χ1v) is 6.59. The van der Waals surface area contributed by atoms with Crippen LogP contribution in [0.2, 0.25) is 0 Å². The van der Waals surface area contributed by atoms with Crippen molar-refractivity contribution in [3.05, 3.63) is 23.8 Å². The van der Waals surface area contributed by atoms with E-state index < -0.39 is 0 Å². The van der Waals surface area contributed by atoms with Crippen LogP contribution in [0.15, 0.2) is 18.2 Å². The topological polar surface area (TPSA) is 50.7 Å². The molecule has 0 saturated heterocycles. The maximum absolute atomic E-state index is 8.99. The lowest BCUT2D eigenvalue weighted by Gasteiger charge is -2.25. The number of aliphatic hydroxyl groups excluding tert-OH is 1. The van der Waals surface area contributed by atoms with Gasteiger partial charge in [0.1, 0.15) is 11.5 Å². The van der Waals surface area contributed by atoms with Crippen molar-refractivity contribution < 1.29 is 14.6 Å². The van der Waals surface area contributed by atoms with E-state index in [9.17, 15) is 0 Å². The van der Waals surface area contributed by atoms with Gasteiger partial charge in [0.15, 0.2) is 0 Å².